The van der Waals surface area contributed by atoms with Crippen LogP contribution in [0.3, 0.4) is 0 Å². The molecule has 8 aromatic rings. The topological polar surface area (TPSA) is 110 Å². The normalized spacial score (nSPS) is 11.4. The van der Waals surface area contributed by atoms with Gasteiger partial charge in [0.2, 0.25) is 0 Å². The van der Waals surface area contributed by atoms with Gasteiger partial charge in [-0.25, -0.2) is 0 Å². The second kappa shape index (κ2) is 20.1. The molecule has 7 heteroatoms. The lowest BCUT2D eigenvalue weighted by molar-refractivity contribution is 0.518. The van der Waals surface area contributed by atoms with E-state index < -0.39 is 0 Å². The molecule has 0 aliphatic heterocycles. The maximum atomic E-state index is 14.8. The summed E-state index contributed by atoms with van der Waals surface area (Å²) in [6.07, 6.45) is 18.6. The second-order valence-corrected chi connectivity index (χ2v) is 18.0. The number of pyridine rings is 1. The molecule has 0 amide bonds. The van der Waals surface area contributed by atoms with E-state index in [1.54, 1.807) is 35.6 Å². The second-order valence-electron chi connectivity index (χ2n) is 17.0. The third kappa shape index (κ3) is 9.15. The van der Waals surface area contributed by atoms with Gasteiger partial charge >= 0.3 is 0 Å². The first-order chi connectivity index (χ1) is 30.9. The maximum absolute atomic E-state index is 14.8. The predicted molar refractivity (Wildman–Crippen MR) is 261 cm³/mol. The molecule has 0 radical (unpaired) electrons. The summed E-state index contributed by atoms with van der Waals surface area (Å²) in [5.74, 6) is 0. The minimum Gasteiger partial charge on any atom is -0.274 e. The number of nitriles is 3. The van der Waals surface area contributed by atoms with Crippen LogP contribution in [0.4, 0.5) is 0 Å². The van der Waals surface area contributed by atoms with E-state index in [1.165, 1.54) is 81.6 Å². The number of unbranched alkanes of at least 4 members (excludes halogenated alkanes) is 14. The molecule has 0 saturated heterocycles. The third-order valence-electron chi connectivity index (χ3n) is 12.8. The van der Waals surface area contributed by atoms with E-state index in [2.05, 4.69) is 43.3 Å². The molecule has 8 rings (SSSR count). The number of fused-ring (bicyclic) bond motifs is 2. The fraction of sp³-hybridized carbons (Fsp3) is 0.304. The molecule has 0 saturated carbocycles. The zero-order valence-corrected chi connectivity index (χ0v) is 37.0. The molecule has 0 aliphatic rings. The van der Waals surface area contributed by atoms with Crippen LogP contribution in [0.2, 0.25) is 0 Å². The number of benzene rings is 6. The van der Waals surface area contributed by atoms with Crippen LogP contribution in [0.15, 0.2) is 113 Å². The number of rotatable bonds is 19. The fourth-order valence-corrected chi connectivity index (χ4v) is 10.5. The highest BCUT2D eigenvalue weighted by Gasteiger charge is 2.24. The first-order valence-electron chi connectivity index (χ1n) is 22.8. The van der Waals surface area contributed by atoms with Crippen molar-refractivity contribution in [1.82, 2.24) is 4.57 Å². The lowest BCUT2D eigenvalue weighted by Gasteiger charge is -2.20. The van der Waals surface area contributed by atoms with Crippen molar-refractivity contribution in [2.45, 2.75) is 110 Å². The van der Waals surface area contributed by atoms with E-state index in [0.717, 1.165) is 78.2 Å². The molecule has 314 valence electrons. The van der Waals surface area contributed by atoms with Crippen LogP contribution < -0.4 is 11.1 Å². The zero-order valence-electron chi connectivity index (χ0n) is 36.1. The van der Waals surface area contributed by atoms with Crippen molar-refractivity contribution < 1.29 is 0 Å². The first kappa shape index (κ1) is 43.1. The van der Waals surface area contributed by atoms with Crippen molar-refractivity contribution >= 4 is 53.1 Å². The molecule has 2 aromatic heterocycles. The van der Waals surface area contributed by atoms with Crippen LogP contribution in [-0.4, -0.2) is 4.57 Å². The van der Waals surface area contributed by atoms with Crippen LogP contribution >= 0.6 is 11.3 Å². The minimum atomic E-state index is -0.279. The van der Waals surface area contributed by atoms with Gasteiger partial charge in [0.1, 0.15) is 0 Å². The molecule has 2 heterocycles. The largest absolute Gasteiger partial charge is 0.274 e. The summed E-state index contributed by atoms with van der Waals surface area (Å²) >= 11 is 1.63. The molecular weight excluding hydrogens is 793 g/mol. The first-order valence-corrected chi connectivity index (χ1v) is 23.6. The Kier molecular flexibility index (Phi) is 13.7. The van der Waals surface area contributed by atoms with E-state index in [9.17, 15) is 25.4 Å². The van der Waals surface area contributed by atoms with E-state index in [0.29, 0.717) is 39.4 Å². The highest BCUT2D eigenvalue weighted by Crippen LogP contribution is 2.48. The number of aromatic nitrogens is 1. The van der Waals surface area contributed by atoms with Gasteiger partial charge in [-0.05, 0) is 94.9 Å². The van der Waals surface area contributed by atoms with Gasteiger partial charge in [-0.15, -0.1) is 11.3 Å². The summed E-state index contributed by atoms with van der Waals surface area (Å²) in [4.78, 5) is 29.5. The summed E-state index contributed by atoms with van der Waals surface area (Å²) in [5, 5.41) is 33.2. The Bertz CT molecular complexity index is 3110. The molecule has 0 fully saturated rings. The van der Waals surface area contributed by atoms with Gasteiger partial charge < -0.3 is 0 Å². The fourth-order valence-electron chi connectivity index (χ4n) is 9.29. The number of hydrogen-bond acceptors (Lipinski definition) is 6. The average Bonchev–Trinajstić information content (AvgIpc) is 3.33. The molecular formula is C56H52N4O2S. The van der Waals surface area contributed by atoms with Gasteiger partial charge in [0.25, 0.3) is 11.1 Å². The quantitative estimate of drug-likeness (QED) is 0.0457. The van der Waals surface area contributed by atoms with Crippen molar-refractivity contribution in [3.8, 4) is 51.6 Å². The zero-order chi connectivity index (χ0) is 43.7. The lowest BCUT2D eigenvalue weighted by atomic mass is 9.87. The van der Waals surface area contributed by atoms with Crippen molar-refractivity contribution in [1.29, 1.82) is 15.8 Å². The molecule has 0 spiro atoms. The summed E-state index contributed by atoms with van der Waals surface area (Å²) in [6.45, 7) is 2.62. The van der Waals surface area contributed by atoms with Crippen molar-refractivity contribution in [3.63, 3.8) is 0 Å². The Morgan fingerprint density at radius 3 is 1.37 bits per heavy atom. The standard InChI is InChI=1S/C56H52N4O2S/c1-2-3-4-5-6-7-8-9-10-11-12-13-14-15-16-31-60-55(61)48-33-45(42-25-19-39(36-58)20-26-42)51-47-32-44(41-23-17-38(35-57)18-24-41)29-30-50(47)63-54-46(43-27-21-40(37-59)22-28-43)34-49(56(60)62)52(48)53(51)54/h17-30,32-34H,2-16,31H2,1H3. The van der Waals surface area contributed by atoms with Crippen LogP contribution in [0.1, 0.15) is 120 Å². The summed E-state index contributed by atoms with van der Waals surface area (Å²) < 4.78 is 3.43. The van der Waals surface area contributed by atoms with Crippen molar-refractivity contribution in [2.75, 3.05) is 0 Å². The van der Waals surface area contributed by atoms with Gasteiger partial charge in [0, 0.05) is 53.8 Å². The number of hydrogen-bond donors (Lipinski definition) is 0. The van der Waals surface area contributed by atoms with Gasteiger partial charge in [0.15, 0.2) is 0 Å². The smallest absolute Gasteiger partial charge is 0.261 e. The van der Waals surface area contributed by atoms with Gasteiger partial charge in [0.05, 0.1) is 34.9 Å². The summed E-state index contributed by atoms with van der Waals surface area (Å²) in [6, 6.07) is 39.5. The maximum Gasteiger partial charge on any atom is 0.261 e. The lowest BCUT2D eigenvalue weighted by Crippen LogP contribution is -2.33. The van der Waals surface area contributed by atoms with Gasteiger partial charge in [-0.3, -0.25) is 14.2 Å². The number of nitrogens with zero attached hydrogens (tertiary/aromatic N) is 4. The molecule has 0 bridgehead atoms. The van der Waals surface area contributed by atoms with Crippen molar-refractivity contribution in [2.24, 2.45) is 0 Å². The Morgan fingerprint density at radius 1 is 0.444 bits per heavy atom. The molecule has 6 nitrogen and oxygen atoms in total. The molecule has 0 unspecified atom stereocenters. The van der Waals surface area contributed by atoms with Crippen LogP contribution in [0.25, 0.3) is 75.1 Å². The van der Waals surface area contributed by atoms with Crippen LogP contribution in [0.5, 0.6) is 0 Å². The molecule has 0 N–H and O–H groups in total. The predicted octanol–water partition coefficient (Wildman–Crippen LogP) is 14.8. The van der Waals surface area contributed by atoms with Crippen LogP contribution in [-0.2, 0) is 6.54 Å². The Balaban J connectivity index is 1.19. The van der Waals surface area contributed by atoms with E-state index >= 15 is 0 Å². The van der Waals surface area contributed by atoms with Gasteiger partial charge in [-0.1, -0.05) is 139 Å². The van der Waals surface area contributed by atoms with Crippen LogP contribution in [0, 0.1) is 34.0 Å². The summed E-state index contributed by atoms with van der Waals surface area (Å²) in [5.41, 5.74) is 6.50. The van der Waals surface area contributed by atoms with E-state index in [1.807, 2.05) is 60.7 Å². The van der Waals surface area contributed by atoms with E-state index in [-0.39, 0.29) is 11.1 Å². The van der Waals surface area contributed by atoms with Crippen molar-refractivity contribution in [3.05, 3.63) is 141 Å². The molecule has 0 aliphatic carbocycles. The minimum absolute atomic E-state index is 0.279. The molecule has 0 atom stereocenters. The Labute approximate surface area is 373 Å². The molecule has 6 aromatic carbocycles. The third-order valence-corrected chi connectivity index (χ3v) is 14.0. The highest BCUT2D eigenvalue weighted by molar-refractivity contribution is 7.25. The average molecular weight is 845 g/mol. The van der Waals surface area contributed by atoms with E-state index in [4.69, 9.17) is 0 Å². The Hall–Kier alpha value is -6.59. The summed E-state index contributed by atoms with van der Waals surface area (Å²) in [7, 11) is 0. The highest BCUT2D eigenvalue weighted by atomic mass is 32.1. The monoisotopic (exact) mass is 844 g/mol. The SMILES string of the molecule is CCCCCCCCCCCCCCCCCn1c(=O)c2cc(-c3ccc(C#N)cc3)c3sc4ccc(-c5ccc(C#N)cc5)cc4c4c(-c5ccc(C#N)cc5)cc(c1=O)c2c34. The Morgan fingerprint density at radius 2 is 0.873 bits per heavy atom. The molecule has 63 heavy (non-hydrogen) atoms. The van der Waals surface area contributed by atoms with Gasteiger partial charge in [-0.2, -0.15) is 15.8 Å².